The Labute approximate surface area is 147 Å². The standard InChI is InChI=1S/C19H23N5O/c1-12-6-8-15(9-7-12)24-19-17(13(2)23-24)18(21-14(3)22-19)20-11-16-5-4-10-25-16/h6-9,16H,4-5,10-11H2,1-3H3,(H,20,21,22). The lowest BCUT2D eigenvalue weighted by Gasteiger charge is -2.12. The molecule has 1 fully saturated rings. The fourth-order valence-electron chi connectivity index (χ4n) is 3.30. The zero-order valence-electron chi connectivity index (χ0n) is 14.9. The first-order valence-electron chi connectivity index (χ1n) is 8.78. The number of anilines is 1. The minimum Gasteiger partial charge on any atom is -0.376 e. The van der Waals surface area contributed by atoms with Gasteiger partial charge in [-0.2, -0.15) is 5.10 Å². The number of rotatable bonds is 4. The van der Waals surface area contributed by atoms with Crippen LogP contribution in [0.5, 0.6) is 0 Å². The van der Waals surface area contributed by atoms with E-state index in [0.717, 1.165) is 60.1 Å². The topological polar surface area (TPSA) is 64.9 Å². The zero-order chi connectivity index (χ0) is 17.4. The number of aryl methyl sites for hydroxylation is 3. The van der Waals surface area contributed by atoms with E-state index in [9.17, 15) is 0 Å². The summed E-state index contributed by atoms with van der Waals surface area (Å²) in [5.74, 6) is 1.57. The Morgan fingerprint density at radius 2 is 1.96 bits per heavy atom. The number of aromatic nitrogens is 4. The first-order valence-corrected chi connectivity index (χ1v) is 8.78. The number of nitrogens with one attached hydrogen (secondary N) is 1. The van der Waals surface area contributed by atoms with Crippen LogP contribution in [0.3, 0.4) is 0 Å². The predicted octanol–water partition coefficient (Wildman–Crippen LogP) is 3.33. The fourth-order valence-corrected chi connectivity index (χ4v) is 3.30. The second-order valence-electron chi connectivity index (χ2n) is 6.67. The zero-order valence-corrected chi connectivity index (χ0v) is 14.9. The summed E-state index contributed by atoms with van der Waals surface area (Å²) >= 11 is 0. The molecule has 2 aromatic heterocycles. The summed E-state index contributed by atoms with van der Waals surface area (Å²) in [6.45, 7) is 7.62. The highest BCUT2D eigenvalue weighted by molar-refractivity contribution is 5.90. The van der Waals surface area contributed by atoms with Crippen LogP contribution in [0.25, 0.3) is 16.7 Å². The Balaban J connectivity index is 1.75. The maximum Gasteiger partial charge on any atom is 0.168 e. The van der Waals surface area contributed by atoms with Gasteiger partial charge in [0.25, 0.3) is 0 Å². The first-order chi connectivity index (χ1) is 12.1. The van der Waals surface area contributed by atoms with Crippen molar-refractivity contribution in [2.24, 2.45) is 0 Å². The van der Waals surface area contributed by atoms with E-state index in [-0.39, 0.29) is 6.10 Å². The van der Waals surface area contributed by atoms with Crippen molar-refractivity contribution in [2.75, 3.05) is 18.5 Å². The lowest BCUT2D eigenvalue weighted by molar-refractivity contribution is 0.120. The van der Waals surface area contributed by atoms with Crippen LogP contribution in [0.4, 0.5) is 5.82 Å². The molecule has 0 amide bonds. The van der Waals surface area contributed by atoms with E-state index in [1.165, 1.54) is 5.56 Å². The number of fused-ring (bicyclic) bond motifs is 1. The average Bonchev–Trinajstić information content (AvgIpc) is 3.22. The number of hydrogen-bond acceptors (Lipinski definition) is 5. The lowest BCUT2D eigenvalue weighted by Crippen LogP contribution is -2.19. The number of benzene rings is 1. The van der Waals surface area contributed by atoms with E-state index >= 15 is 0 Å². The third kappa shape index (κ3) is 3.09. The summed E-state index contributed by atoms with van der Waals surface area (Å²) in [5, 5.41) is 9.15. The molecule has 1 N–H and O–H groups in total. The van der Waals surface area contributed by atoms with Gasteiger partial charge in [-0.15, -0.1) is 0 Å². The molecule has 3 heterocycles. The molecule has 1 aliphatic heterocycles. The molecule has 6 heteroatoms. The van der Waals surface area contributed by atoms with Gasteiger partial charge in [0.15, 0.2) is 5.65 Å². The molecule has 6 nitrogen and oxygen atoms in total. The van der Waals surface area contributed by atoms with Gasteiger partial charge in [0, 0.05) is 13.2 Å². The van der Waals surface area contributed by atoms with Gasteiger partial charge in [0.05, 0.1) is 22.9 Å². The number of nitrogens with zero attached hydrogens (tertiary/aromatic N) is 4. The maximum absolute atomic E-state index is 5.71. The SMILES string of the molecule is Cc1ccc(-n2nc(C)c3c(NCC4CCCO4)nc(C)nc32)cc1. The molecule has 1 unspecified atom stereocenters. The Morgan fingerprint density at radius 3 is 2.68 bits per heavy atom. The molecular weight excluding hydrogens is 314 g/mol. The van der Waals surface area contributed by atoms with Crippen LogP contribution in [-0.4, -0.2) is 39.0 Å². The van der Waals surface area contributed by atoms with Gasteiger partial charge in [-0.05, 0) is 45.7 Å². The van der Waals surface area contributed by atoms with E-state index in [4.69, 9.17) is 9.84 Å². The molecule has 25 heavy (non-hydrogen) atoms. The molecule has 0 saturated carbocycles. The van der Waals surface area contributed by atoms with Gasteiger partial charge < -0.3 is 10.1 Å². The van der Waals surface area contributed by atoms with Crippen molar-refractivity contribution in [2.45, 2.75) is 39.7 Å². The molecule has 4 rings (SSSR count). The normalized spacial score (nSPS) is 17.3. The molecule has 1 atom stereocenters. The maximum atomic E-state index is 5.71. The molecule has 1 aliphatic rings. The molecule has 0 bridgehead atoms. The lowest BCUT2D eigenvalue weighted by atomic mass is 10.2. The summed E-state index contributed by atoms with van der Waals surface area (Å²) in [4.78, 5) is 9.27. The van der Waals surface area contributed by atoms with Crippen LogP contribution in [0.15, 0.2) is 24.3 Å². The smallest absolute Gasteiger partial charge is 0.168 e. The molecule has 1 saturated heterocycles. The van der Waals surface area contributed by atoms with Crippen LogP contribution >= 0.6 is 0 Å². The first kappa shape index (κ1) is 16.0. The van der Waals surface area contributed by atoms with Gasteiger partial charge in [-0.1, -0.05) is 17.7 Å². The molecule has 0 aliphatic carbocycles. The largest absolute Gasteiger partial charge is 0.376 e. The Morgan fingerprint density at radius 1 is 1.16 bits per heavy atom. The summed E-state index contributed by atoms with van der Waals surface area (Å²) in [6.07, 6.45) is 2.49. The van der Waals surface area contributed by atoms with Crippen molar-refractivity contribution in [3.63, 3.8) is 0 Å². The monoisotopic (exact) mass is 337 g/mol. The van der Waals surface area contributed by atoms with Crippen molar-refractivity contribution in [3.05, 3.63) is 41.3 Å². The molecule has 0 radical (unpaired) electrons. The van der Waals surface area contributed by atoms with E-state index < -0.39 is 0 Å². The van der Waals surface area contributed by atoms with Gasteiger partial charge in [-0.25, -0.2) is 14.6 Å². The highest BCUT2D eigenvalue weighted by Crippen LogP contribution is 2.27. The van der Waals surface area contributed by atoms with E-state index in [2.05, 4.69) is 46.5 Å². The Bertz CT molecular complexity index is 894. The third-order valence-corrected chi connectivity index (χ3v) is 4.61. The summed E-state index contributed by atoms with van der Waals surface area (Å²) in [7, 11) is 0. The summed E-state index contributed by atoms with van der Waals surface area (Å²) < 4.78 is 7.61. The number of hydrogen-bond donors (Lipinski definition) is 1. The van der Waals surface area contributed by atoms with Gasteiger partial charge >= 0.3 is 0 Å². The molecule has 0 spiro atoms. The minimum atomic E-state index is 0.262. The second kappa shape index (κ2) is 6.44. The Hall–Kier alpha value is -2.47. The third-order valence-electron chi connectivity index (χ3n) is 4.61. The van der Waals surface area contributed by atoms with E-state index in [1.54, 1.807) is 0 Å². The molecule has 130 valence electrons. The highest BCUT2D eigenvalue weighted by atomic mass is 16.5. The Kier molecular flexibility index (Phi) is 4.13. The average molecular weight is 337 g/mol. The van der Waals surface area contributed by atoms with Crippen molar-refractivity contribution >= 4 is 16.9 Å². The van der Waals surface area contributed by atoms with Crippen LogP contribution < -0.4 is 5.32 Å². The van der Waals surface area contributed by atoms with Crippen molar-refractivity contribution < 1.29 is 4.74 Å². The van der Waals surface area contributed by atoms with Crippen LogP contribution in [0.1, 0.15) is 29.9 Å². The molecule has 3 aromatic rings. The van der Waals surface area contributed by atoms with Crippen LogP contribution in [-0.2, 0) is 4.74 Å². The van der Waals surface area contributed by atoms with Gasteiger partial charge in [-0.3, -0.25) is 0 Å². The van der Waals surface area contributed by atoms with Crippen LogP contribution in [0.2, 0.25) is 0 Å². The summed E-state index contributed by atoms with van der Waals surface area (Å²) in [6, 6.07) is 8.31. The highest BCUT2D eigenvalue weighted by Gasteiger charge is 2.19. The predicted molar refractivity (Wildman–Crippen MR) is 98.3 cm³/mol. The second-order valence-corrected chi connectivity index (χ2v) is 6.67. The van der Waals surface area contributed by atoms with Crippen molar-refractivity contribution in [3.8, 4) is 5.69 Å². The van der Waals surface area contributed by atoms with Gasteiger partial charge in [0.1, 0.15) is 11.6 Å². The van der Waals surface area contributed by atoms with E-state index in [0.29, 0.717) is 0 Å². The van der Waals surface area contributed by atoms with Crippen molar-refractivity contribution in [1.29, 1.82) is 0 Å². The fraction of sp³-hybridized carbons (Fsp3) is 0.421. The van der Waals surface area contributed by atoms with E-state index in [1.807, 2.05) is 18.5 Å². The molecular formula is C19H23N5O. The van der Waals surface area contributed by atoms with Crippen molar-refractivity contribution in [1.82, 2.24) is 19.7 Å². The minimum absolute atomic E-state index is 0.262. The van der Waals surface area contributed by atoms with Gasteiger partial charge in [0.2, 0.25) is 0 Å². The quantitative estimate of drug-likeness (QED) is 0.791. The molecule has 1 aromatic carbocycles. The number of ether oxygens (including phenoxy) is 1. The summed E-state index contributed by atoms with van der Waals surface area (Å²) in [5.41, 5.74) is 3.99. The van der Waals surface area contributed by atoms with Crippen LogP contribution in [0, 0.1) is 20.8 Å².